The standard InChI is InChI=1S/C9H18O4/c1-4-12-5-6-13-9(11)7(2)8(3)10/h7-8,10H,4-6H2,1-3H3/t7-,8+/m1/s1. The summed E-state index contributed by atoms with van der Waals surface area (Å²) in [5.41, 5.74) is 0. The largest absolute Gasteiger partial charge is 0.463 e. The van der Waals surface area contributed by atoms with Crippen molar-refractivity contribution >= 4 is 5.97 Å². The molecule has 0 fully saturated rings. The van der Waals surface area contributed by atoms with Gasteiger partial charge >= 0.3 is 5.97 Å². The van der Waals surface area contributed by atoms with Gasteiger partial charge in [0.05, 0.1) is 18.6 Å². The number of rotatable bonds is 6. The van der Waals surface area contributed by atoms with Crippen LogP contribution in [0.15, 0.2) is 0 Å². The maximum Gasteiger partial charge on any atom is 0.311 e. The molecule has 0 saturated carbocycles. The number of hydrogen-bond donors (Lipinski definition) is 1. The van der Waals surface area contributed by atoms with Crippen molar-refractivity contribution in [3.05, 3.63) is 0 Å². The van der Waals surface area contributed by atoms with Crippen LogP contribution in [0.5, 0.6) is 0 Å². The molecule has 0 aromatic heterocycles. The topological polar surface area (TPSA) is 55.8 Å². The van der Waals surface area contributed by atoms with Crippen molar-refractivity contribution in [3.63, 3.8) is 0 Å². The van der Waals surface area contributed by atoms with Crippen LogP contribution >= 0.6 is 0 Å². The summed E-state index contributed by atoms with van der Waals surface area (Å²) in [6, 6.07) is 0. The first-order chi connectivity index (χ1) is 6.09. The monoisotopic (exact) mass is 190 g/mol. The molecule has 4 nitrogen and oxygen atoms in total. The van der Waals surface area contributed by atoms with E-state index in [1.807, 2.05) is 6.92 Å². The van der Waals surface area contributed by atoms with Crippen LogP contribution < -0.4 is 0 Å². The van der Waals surface area contributed by atoms with Gasteiger partial charge in [-0.25, -0.2) is 0 Å². The zero-order chi connectivity index (χ0) is 10.3. The van der Waals surface area contributed by atoms with E-state index in [0.29, 0.717) is 13.2 Å². The number of aliphatic hydroxyl groups excluding tert-OH is 1. The minimum absolute atomic E-state index is 0.254. The van der Waals surface area contributed by atoms with Crippen molar-refractivity contribution in [2.45, 2.75) is 26.9 Å². The Bertz CT molecular complexity index is 145. The predicted molar refractivity (Wildman–Crippen MR) is 48.3 cm³/mol. The van der Waals surface area contributed by atoms with Crippen LogP contribution in [0.2, 0.25) is 0 Å². The van der Waals surface area contributed by atoms with Crippen molar-refractivity contribution in [2.24, 2.45) is 5.92 Å². The first kappa shape index (κ1) is 12.4. The summed E-state index contributed by atoms with van der Waals surface area (Å²) >= 11 is 0. The van der Waals surface area contributed by atoms with Crippen LogP contribution in [0.3, 0.4) is 0 Å². The second-order valence-corrected chi connectivity index (χ2v) is 2.89. The third-order valence-corrected chi connectivity index (χ3v) is 1.77. The van der Waals surface area contributed by atoms with Gasteiger partial charge in [-0.2, -0.15) is 0 Å². The highest BCUT2D eigenvalue weighted by molar-refractivity contribution is 5.72. The van der Waals surface area contributed by atoms with Crippen LogP contribution in [0, 0.1) is 5.92 Å². The van der Waals surface area contributed by atoms with Gasteiger partial charge in [0.1, 0.15) is 6.61 Å². The lowest BCUT2D eigenvalue weighted by atomic mass is 10.1. The van der Waals surface area contributed by atoms with E-state index in [2.05, 4.69) is 0 Å². The molecule has 0 aromatic carbocycles. The molecule has 0 amide bonds. The highest BCUT2D eigenvalue weighted by atomic mass is 16.6. The third-order valence-electron chi connectivity index (χ3n) is 1.77. The molecule has 0 saturated heterocycles. The lowest BCUT2D eigenvalue weighted by Gasteiger charge is -2.13. The number of esters is 1. The molecule has 1 N–H and O–H groups in total. The predicted octanol–water partition coefficient (Wildman–Crippen LogP) is 0.583. The average molecular weight is 190 g/mol. The molecular formula is C9H18O4. The lowest BCUT2D eigenvalue weighted by Crippen LogP contribution is -2.26. The van der Waals surface area contributed by atoms with Crippen molar-refractivity contribution < 1.29 is 19.4 Å². The Morgan fingerprint density at radius 1 is 1.38 bits per heavy atom. The Hall–Kier alpha value is -0.610. The van der Waals surface area contributed by atoms with Crippen molar-refractivity contribution in [2.75, 3.05) is 19.8 Å². The van der Waals surface area contributed by atoms with E-state index in [1.54, 1.807) is 13.8 Å². The third kappa shape index (κ3) is 5.60. The number of carbonyl (C=O) groups excluding carboxylic acids is 1. The highest BCUT2D eigenvalue weighted by Crippen LogP contribution is 2.04. The Morgan fingerprint density at radius 2 is 2.00 bits per heavy atom. The van der Waals surface area contributed by atoms with Gasteiger partial charge in [0.2, 0.25) is 0 Å². The maximum absolute atomic E-state index is 11.1. The van der Waals surface area contributed by atoms with E-state index in [1.165, 1.54) is 0 Å². The van der Waals surface area contributed by atoms with Crippen LogP contribution in [-0.2, 0) is 14.3 Å². The fourth-order valence-electron chi connectivity index (χ4n) is 0.674. The number of carbonyl (C=O) groups is 1. The molecule has 78 valence electrons. The molecule has 0 aliphatic rings. The molecule has 0 radical (unpaired) electrons. The smallest absolute Gasteiger partial charge is 0.311 e. The number of ether oxygens (including phenoxy) is 2. The van der Waals surface area contributed by atoms with E-state index in [4.69, 9.17) is 14.6 Å². The second kappa shape index (κ2) is 6.86. The quantitative estimate of drug-likeness (QED) is 0.492. The molecule has 0 heterocycles. The van der Waals surface area contributed by atoms with Gasteiger partial charge in [0, 0.05) is 6.61 Å². The molecule has 13 heavy (non-hydrogen) atoms. The van der Waals surface area contributed by atoms with Gasteiger partial charge in [-0.1, -0.05) is 0 Å². The van der Waals surface area contributed by atoms with E-state index in [9.17, 15) is 4.79 Å². The number of aliphatic hydroxyl groups is 1. The fraction of sp³-hybridized carbons (Fsp3) is 0.889. The molecule has 0 unspecified atom stereocenters. The summed E-state index contributed by atoms with van der Waals surface area (Å²) in [6.45, 7) is 6.35. The number of hydrogen-bond acceptors (Lipinski definition) is 4. The summed E-state index contributed by atoms with van der Waals surface area (Å²) in [5, 5.41) is 9.06. The minimum atomic E-state index is -0.667. The first-order valence-corrected chi connectivity index (χ1v) is 4.52. The van der Waals surface area contributed by atoms with Gasteiger partial charge < -0.3 is 14.6 Å². The summed E-state index contributed by atoms with van der Waals surface area (Å²) < 4.78 is 9.83. The molecule has 0 rings (SSSR count). The molecule has 0 spiro atoms. The molecule has 0 bridgehead atoms. The van der Waals surface area contributed by atoms with Gasteiger partial charge in [-0.3, -0.25) is 4.79 Å². The highest BCUT2D eigenvalue weighted by Gasteiger charge is 2.19. The lowest BCUT2D eigenvalue weighted by molar-refractivity contribution is -0.152. The molecule has 0 aliphatic carbocycles. The zero-order valence-electron chi connectivity index (χ0n) is 8.45. The fourth-order valence-corrected chi connectivity index (χ4v) is 0.674. The van der Waals surface area contributed by atoms with Gasteiger partial charge in [-0.15, -0.1) is 0 Å². The van der Waals surface area contributed by atoms with E-state index < -0.39 is 12.0 Å². The van der Waals surface area contributed by atoms with Crippen LogP contribution in [-0.4, -0.2) is 37.0 Å². The summed E-state index contributed by atoms with van der Waals surface area (Å²) in [7, 11) is 0. The minimum Gasteiger partial charge on any atom is -0.463 e. The van der Waals surface area contributed by atoms with Gasteiger partial charge in [-0.05, 0) is 20.8 Å². The Balaban J connectivity index is 3.50. The van der Waals surface area contributed by atoms with Crippen LogP contribution in [0.25, 0.3) is 0 Å². The summed E-state index contributed by atoms with van der Waals surface area (Å²) in [5.74, 6) is -0.851. The molecule has 0 aliphatic heterocycles. The maximum atomic E-state index is 11.1. The van der Waals surface area contributed by atoms with Crippen molar-refractivity contribution in [1.82, 2.24) is 0 Å². The van der Waals surface area contributed by atoms with E-state index in [0.717, 1.165) is 0 Å². The van der Waals surface area contributed by atoms with Gasteiger partial charge in [0.25, 0.3) is 0 Å². The zero-order valence-corrected chi connectivity index (χ0v) is 8.45. The first-order valence-electron chi connectivity index (χ1n) is 4.52. The Morgan fingerprint density at radius 3 is 2.46 bits per heavy atom. The van der Waals surface area contributed by atoms with Gasteiger partial charge in [0.15, 0.2) is 0 Å². The molecule has 0 aromatic rings. The second-order valence-electron chi connectivity index (χ2n) is 2.89. The van der Waals surface area contributed by atoms with E-state index in [-0.39, 0.29) is 12.6 Å². The Kier molecular flexibility index (Phi) is 6.54. The summed E-state index contributed by atoms with van der Waals surface area (Å²) in [4.78, 5) is 11.1. The van der Waals surface area contributed by atoms with Crippen LogP contribution in [0.4, 0.5) is 0 Å². The molecular weight excluding hydrogens is 172 g/mol. The van der Waals surface area contributed by atoms with Crippen molar-refractivity contribution in [1.29, 1.82) is 0 Å². The summed E-state index contributed by atoms with van der Waals surface area (Å²) in [6.07, 6.45) is -0.667. The Labute approximate surface area is 78.8 Å². The molecule has 4 heteroatoms. The average Bonchev–Trinajstić information content (AvgIpc) is 2.10. The van der Waals surface area contributed by atoms with Crippen molar-refractivity contribution in [3.8, 4) is 0 Å². The normalized spacial score (nSPS) is 15.1. The molecule has 2 atom stereocenters. The van der Waals surface area contributed by atoms with Crippen LogP contribution in [0.1, 0.15) is 20.8 Å². The SMILES string of the molecule is CCOCCOC(=O)[C@H](C)[C@H](C)O. The van der Waals surface area contributed by atoms with E-state index >= 15 is 0 Å².